The van der Waals surface area contributed by atoms with Crippen molar-refractivity contribution in [1.29, 1.82) is 5.26 Å². The number of unbranched alkanes of at least 4 members (excludes halogenated alkanes) is 1. The number of hydrogen-bond donors (Lipinski definition) is 0. The SMILES string of the molecule is CCCCC(=O)Oc1ccc(/C=C(/C#N)c2ccc(OC)c(OC)c2)cc1OC. The molecule has 0 aromatic heterocycles. The van der Waals surface area contributed by atoms with Crippen molar-refractivity contribution < 1.29 is 23.7 Å². The number of rotatable bonds is 9. The van der Waals surface area contributed by atoms with E-state index in [9.17, 15) is 10.1 Å². The van der Waals surface area contributed by atoms with Gasteiger partial charge in [0, 0.05) is 6.42 Å². The normalized spacial score (nSPS) is 10.8. The average Bonchev–Trinajstić information content (AvgIpc) is 2.76. The Balaban J connectivity index is 2.32. The van der Waals surface area contributed by atoms with Gasteiger partial charge < -0.3 is 18.9 Å². The molecule has 6 heteroatoms. The highest BCUT2D eigenvalue weighted by atomic mass is 16.6. The molecule has 0 heterocycles. The molecular weight excluding hydrogens is 370 g/mol. The van der Waals surface area contributed by atoms with Crippen LogP contribution in [-0.2, 0) is 4.79 Å². The van der Waals surface area contributed by atoms with Crippen LogP contribution in [0.4, 0.5) is 0 Å². The molecule has 2 rings (SSSR count). The summed E-state index contributed by atoms with van der Waals surface area (Å²) in [4.78, 5) is 11.9. The summed E-state index contributed by atoms with van der Waals surface area (Å²) in [5.74, 6) is 1.61. The zero-order chi connectivity index (χ0) is 21.2. The van der Waals surface area contributed by atoms with Crippen LogP contribution in [0.1, 0.15) is 37.3 Å². The maximum absolute atomic E-state index is 11.9. The van der Waals surface area contributed by atoms with Gasteiger partial charge in [0.2, 0.25) is 0 Å². The first-order valence-electron chi connectivity index (χ1n) is 9.29. The number of hydrogen-bond acceptors (Lipinski definition) is 6. The summed E-state index contributed by atoms with van der Waals surface area (Å²) in [6.45, 7) is 2.01. The second-order valence-electron chi connectivity index (χ2n) is 6.23. The third kappa shape index (κ3) is 5.76. The van der Waals surface area contributed by atoms with Crippen LogP contribution in [0.2, 0.25) is 0 Å². The fourth-order valence-electron chi connectivity index (χ4n) is 2.70. The monoisotopic (exact) mass is 395 g/mol. The van der Waals surface area contributed by atoms with E-state index < -0.39 is 0 Å². The molecule has 0 atom stereocenters. The number of allylic oxidation sites excluding steroid dienone is 1. The molecule has 0 N–H and O–H groups in total. The number of carbonyl (C=O) groups excluding carboxylic acids is 1. The van der Waals surface area contributed by atoms with Gasteiger partial charge in [0.05, 0.1) is 33.0 Å². The Morgan fingerprint density at radius 2 is 1.62 bits per heavy atom. The molecule has 0 saturated heterocycles. The summed E-state index contributed by atoms with van der Waals surface area (Å²) in [6.07, 6.45) is 3.79. The van der Waals surface area contributed by atoms with Gasteiger partial charge in [0.15, 0.2) is 23.0 Å². The highest BCUT2D eigenvalue weighted by Crippen LogP contribution is 2.33. The lowest BCUT2D eigenvalue weighted by atomic mass is 10.0. The summed E-state index contributed by atoms with van der Waals surface area (Å²) in [5, 5.41) is 9.62. The minimum atomic E-state index is -0.295. The molecule has 0 unspecified atom stereocenters. The number of nitrogens with zero attached hydrogens (tertiary/aromatic N) is 1. The molecule has 2 aromatic rings. The molecule has 0 spiro atoms. The Morgan fingerprint density at radius 3 is 2.24 bits per heavy atom. The topological polar surface area (TPSA) is 77.8 Å². The zero-order valence-corrected chi connectivity index (χ0v) is 17.2. The molecule has 2 aromatic carbocycles. The van der Waals surface area contributed by atoms with E-state index in [-0.39, 0.29) is 5.97 Å². The van der Waals surface area contributed by atoms with Gasteiger partial charge in [-0.1, -0.05) is 19.4 Å². The van der Waals surface area contributed by atoms with Gasteiger partial charge in [-0.2, -0.15) is 5.26 Å². The summed E-state index contributed by atoms with van der Waals surface area (Å²) in [7, 11) is 4.61. The van der Waals surface area contributed by atoms with Crippen molar-refractivity contribution in [3.05, 3.63) is 47.5 Å². The molecule has 0 aliphatic carbocycles. The Morgan fingerprint density at radius 1 is 0.966 bits per heavy atom. The lowest BCUT2D eigenvalue weighted by Crippen LogP contribution is -2.08. The fourth-order valence-corrected chi connectivity index (χ4v) is 2.70. The number of nitriles is 1. The molecule has 0 bridgehead atoms. The van der Waals surface area contributed by atoms with Crippen LogP contribution in [0.5, 0.6) is 23.0 Å². The molecule has 0 fully saturated rings. The Bertz CT molecular complexity index is 927. The van der Waals surface area contributed by atoms with Gasteiger partial charge in [0.25, 0.3) is 0 Å². The minimum absolute atomic E-state index is 0.295. The van der Waals surface area contributed by atoms with Crippen molar-refractivity contribution in [2.45, 2.75) is 26.2 Å². The number of carbonyl (C=O) groups is 1. The largest absolute Gasteiger partial charge is 0.493 e. The summed E-state index contributed by atoms with van der Waals surface area (Å²) in [6, 6.07) is 12.6. The van der Waals surface area contributed by atoms with Crippen LogP contribution in [0.15, 0.2) is 36.4 Å². The van der Waals surface area contributed by atoms with Crippen LogP contribution in [0.3, 0.4) is 0 Å². The van der Waals surface area contributed by atoms with Crippen LogP contribution >= 0.6 is 0 Å². The maximum atomic E-state index is 11.9. The highest BCUT2D eigenvalue weighted by molar-refractivity contribution is 5.90. The van der Waals surface area contributed by atoms with Crippen molar-refractivity contribution in [3.8, 4) is 29.1 Å². The molecule has 0 radical (unpaired) electrons. The Labute approximate surface area is 171 Å². The van der Waals surface area contributed by atoms with Crippen molar-refractivity contribution in [1.82, 2.24) is 0 Å². The highest BCUT2D eigenvalue weighted by Gasteiger charge is 2.12. The third-order valence-corrected chi connectivity index (χ3v) is 4.27. The van der Waals surface area contributed by atoms with Crippen molar-refractivity contribution >= 4 is 17.6 Å². The standard InChI is InChI=1S/C23H25NO5/c1-5-6-7-23(25)29-20-10-8-16(13-21(20)27-3)12-18(15-24)17-9-11-19(26-2)22(14-17)28-4/h8-14H,5-7H2,1-4H3/b18-12-. The molecule has 0 amide bonds. The van der Waals surface area contributed by atoms with Gasteiger partial charge in [-0.3, -0.25) is 4.79 Å². The molecule has 0 aliphatic rings. The maximum Gasteiger partial charge on any atom is 0.311 e. The van der Waals surface area contributed by atoms with Crippen molar-refractivity contribution in [2.24, 2.45) is 0 Å². The first-order valence-corrected chi connectivity index (χ1v) is 9.29. The van der Waals surface area contributed by atoms with E-state index in [1.54, 1.807) is 56.7 Å². The van der Waals surface area contributed by atoms with Crippen molar-refractivity contribution in [2.75, 3.05) is 21.3 Å². The van der Waals surface area contributed by atoms with E-state index in [0.717, 1.165) is 18.4 Å². The van der Waals surface area contributed by atoms with E-state index in [1.807, 2.05) is 6.92 Å². The second kappa shape index (κ2) is 10.8. The smallest absolute Gasteiger partial charge is 0.311 e. The minimum Gasteiger partial charge on any atom is -0.493 e. The van der Waals surface area contributed by atoms with Gasteiger partial charge in [-0.05, 0) is 54.0 Å². The van der Waals surface area contributed by atoms with E-state index in [4.69, 9.17) is 18.9 Å². The first kappa shape index (κ1) is 21.8. The van der Waals surface area contributed by atoms with Gasteiger partial charge in [0.1, 0.15) is 0 Å². The van der Waals surface area contributed by atoms with E-state index >= 15 is 0 Å². The Hall–Kier alpha value is -3.46. The lowest BCUT2D eigenvalue weighted by Gasteiger charge is -2.11. The number of ether oxygens (including phenoxy) is 4. The average molecular weight is 395 g/mol. The zero-order valence-electron chi connectivity index (χ0n) is 17.2. The molecule has 29 heavy (non-hydrogen) atoms. The van der Waals surface area contributed by atoms with Crippen LogP contribution < -0.4 is 18.9 Å². The van der Waals surface area contributed by atoms with Crippen LogP contribution in [0, 0.1) is 11.3 Å². The molecule has 152 valence electrons. The summed E-state index contributed by atoms with van der Waals surface area (Å²) >= 11 is 0. The fraction of sp³-hybridized carbons (Fsp3) is 0.304. The molecule has 0 aliphatic heterocycles. The van der Waals surface area contributed by atoms with Crippen molar-refractivity contribution in [3.63, 3.8) is 0 Å². The molecular formula is C23H25NO5. The third-order valence-electron chi connectivity index (χ3n) is 4.27. The van der Waals surface area contributed by atoms with E-state index in [0.29, 0.717) is 40.6 Å². The molecule has 0 saturated carbocycles. The predicted molar refractivity (Wildman–Crippen MR) is 111 cm³/mol. The van der Waals surface area contributed by atoms with Crippen LogP contribution in [-0.4, -0.2) is 27.3 Å². The molecule has 6 nitrogen and oxygen atoms in total. The number of benzene rings is 2. The van der Waals surface area contributed by atoms with Gasteiger partial charge in [-0.25, -0.2) is 0 Å². The van der Waals surface area contributed by atoms with E-state index in [1.165, 1.54) is 7.11 Å². The summed E-state index contributed by atoms with van der Waals surface area (Å²) < 4.78 is 21.3. The van der Waals surface area contributed by atoms with Crippen LogP contribution in [0.25, 0.3) is 11.6 Å². The van der Waals surface area contributed by atoms with Gasteiger partial charge in [-0.15, -0.1) is 0 Å². The number of methoxy groups -OCH3 is 3. The second-order valence-corrected chi connectivity index (χ2v) is 6.23. The predicted octanol–water partition coefficient (Wildman–Crippen LogP) is 4.87. The Kier molecular flexibility index (Phi) is 8.11. The summed E-state index contributed by atoms with van der Waals surface area (Å²) in [5.41, 5.74) is 1.88. The lowest BCUT2D eigenvalue weighted by molar-refractivity contribution is -0.134. The quantitative estimate of drug-likeness (QED) is 0.261. The number of esters is 1. The van der Waals surface area contributed by atoms with E-state index in [2.05, 4.69) is 6.07 Å². The first-order chi connectivity index (χ1) is 14.1. The van der Waals surface area contributed by atoms with Gasteiger partial charge >= 0.3 is 5.97 Å².